The Balaban J connectivity index is 1.82. The highest BCUT2D eigenvalue weighted by Gasteiger charge is 2.18. The fourth-order valence-corrected chi connectivity index (χ4v) is 4.43. The predicted molar refractivity (Wildman–Crippen MR) is 141 cm³/mol. The van der Waals surface area contributed by atoms with Crippen molar-refractivity contribution in [3.05, 3.63) is 66.2 Å². The molecule has 0 atom stereocenters. The third kappa shape index (κ3) is 6.64. The van der Waals surface area contributed by atoms with E-state index in [4.69, 9.17) is 23.7 Å². The average Bonchev–Trinajstić information content (AvgIpc) is 2.91. The first-order valence-corrected chi connectivity index (χ1v) is 12.4. The number of carbonyl (C=O) groups is 1. The van der Waals surface area contributed by atoms with Gasteiger partial charge in [0.1, 0.15) is 28.7 Å². The largest absolute Gasteiger partial charge is 0.497 e. The van der Waals surface area contributed by atoms with E-state index in [0.717, 1.165) is 0 Å². The molecule has 1 amide bonds. The summed E-state index contributed by atoms with van der Waals surface area (Å²) in [4.78, 5) is 12.7. The van der Waals surface area contributed by atoms with Crippen LogP contribution in [0.2, 0.25) is 0 Å². The summed E-state index contributed by atoms with van der Waals surface area (Å²) in [6.45, 7) is 0. The minimum atomic E-state index is -3.93. The van der Waals surface area contributed by atoms with Gasteiger partial charge in [-0.2, -0.15) is 0 Å². The molecule has 0 aliphatic rings. The van der Waals surface area contributed by atoms with Crippen LogP contribution in [0.1, 0.15) is 5.56 Å². The van der Waals surface area contributed by atoms with Crippen molar-refractivity contribution in [2.24, 2.45) is 0 Å². The van der Waals surface area contributed by atoms with Crippen LogP contribution in [-0.2, 0) is 14.8 Å². The van der Waals surface area contributed by atoms with Crippen LogP contribution in [0.25, 0.3) is 6.08 Å². The third-order valence-corrected chi connectivity index (χ3v) is 6.62. The summed E-state index contributed by atoms with van der Waals surface area (Å²) < 4.78 is 54.6. The van der Waals surface area contributed by atoms with Crippen LogP contribution >= 0.6 is 0 Å². The van der Waals surface area contributed by atoms with Crippen molar-refractivity contribution >= 4 is 33.4 Å². The Morgan fingerprint density at radius 3 is 1.86 bits per heavy atom. The van der Waals surface area contributed by atoms with Crippen molar-refractivity contribution in [1.29, 1.82) is 0 Å². The topological polar surface area (TPSA) is 121 Å². The Morgan fingerprint density at radius 2 is 1.32 bits per heavy atom. The number of hydrogen-bond donors (Lipinski definition) is 2. The van der Waals surface area contributed by atoms with E-state index in [2.05, 4.69) is 10.0 Å². The lowest BCUT2D eigenvalue weighted by Crippen LogP contribution is -2.14. The molecule has 0 unspecified atom stereocenters. The summed E-state index contributed by atoms with van der Waals surface area (Å²) in [6, 6.07) is 13.9. The molecular formula is C26H28N2O8S. The number of nitrogens with one attached hydrogen (secondary N) is 2. The first kappa shape index (κ1) is 27.2. The van der Waals surface area contributed by atoms with Gasteiger partial charge in [-0.25, -0.2) is 8.42 Å². The summed E-state index contributed by atoms with van der Waals surface area (Å²) in [7, 11) is 3.49. The quantitative estimate of drug-likeness (QED) is 0.356. The summed E-state index contributed by atoms with van der Waals surface area (Å²) >= 11 is 0. The smallest absolute Gasteiger partial charge is 0.262 e. The number of methoxy groups -OCH3 is 5. The molecule has 0 aliphatic carbocycles. The van der Waals surface area contributed by atoms with E-state index in [0.29, 0.717) is 34.2 Å². The fraction of sp³-hybridized carbons (Fsp3) is 0.192. The molecule has 0 radical (unpaired) electrons. The summed E-state index contributed by atoms with van der Waals surface area (Å²) in [5, 5.41) is 2.70. The van der Waals surface area contributed by atoms with Crippen LogP contribution in [0.3, 0.4) is 0 Å². The first-order chi connectivity index (χ1) is 17.7. The van der Waals surface area contributed by atoms with Crippen molar-refractivity contribution < 1.29 is 36.9 Å². The SMILES string of the molecule is COc1ccc(S(=O)(=O)Nc2cc(NC(=O)C=Cc3c(OC)cc(OC)cc3OC)ccc2OC)cc1. The second-order valence-corrected chi connectivity index (χ2v) is 9.15. The van der Waals surface area contributed by atoms with Gasteiger partial charge >= 0.3 is 0 Å². The van der Waals surface area contributed by atoms with E-state index < -0.39 is 15.9 Å². The molecule has 0 heterocycles. The van der Waals surface area contributed by atoms with E-state index in [1.165, 1.54) is 59.8 Å². The van der Waals surface area contributed by atoms with Crippen LogP contribution in [0.15, 0.2) is 65.6 Å². The van der Waals surface area contributed by atoms with E-state index >= 15 is 0 Å². The number of amides is 1. The standard InChI is InChI=1S/C26H28N2O8S/c1-32-18-7-9-20(10-8-18)37(30,31)28-22-14-17(6-12-23(22)34-3)27-26(29)13-11-21-24(35-4)15-19(33-2)16-25(21)36-5/h6-16,28H,1-5H3,(H,27,29). The van der Waals surface area contributed by atoms with Crippen LogP contribution in [0, 0.1) is 0 Å². The Labute approximate surface area is 215 Å². The van der Waals surface area contributed by atoms with Gasteiger partial charge in [-0.1, -0.05) is 0 Å². The average molecular weight is 529 g/mol. The van der Waals surface area contributed by atoms with E-state index in [1.807, 2.05) is 0 Å². The lowest BCUT2D eigenvalue weighted by Gasteiger charge is -2.14. The minimum Gasteiger partial charge on any atom is -0.497 e. The molecule has 196 valence electrons. The molecule has 0 fully saturated rings. The van der Waals surface area contributed by atoms with Gasteiger partial charge < -0.3 is 29.0 Å². The predicted octanol–water partition coefficient (Wildman–Crippen LogP) is 4.18. The molecule has 0 aliphatic heterocycles. The maximum atomic E-state index is 12.9. The maximum Gasteiger partial charge on any atom is 0.262 e. The molecule has 0 saturated carbocycles. The van der Waals surface area contributed by atoms with Crippen molar-refractivity contribution in [3.63, 3.8) is 0 Å². The molecule has 10 nitrogen and oxygen atoms in total. The van der Waals surface area contributed by atoms with Gasteiger partial charge in [0.05, 0.1) is 51.7 Å². The van der Waals surface area contributed by atoms with Gasteiger partial charge in [-0.05, 0) is 48.5 Å². The Hall–Kier alpha value is -4.38. The fourth-order valence-electron chi connectivity index (χ4n) is 3.36. The van der Waals surface area contributed by atoms with Gasteiger partial charge in [0.15, 0.2) is 0 Å². The molecule has 11 heteroatoms. The molecule has 0 aromatic heterocycles. The number of benzene rings is 3. The number of carbonyl (C=O) groups excluding carboxylic acids is 1. The van der Waals surface area contributed by atoms with Crippen molar-refractivity contribution in [2.45, 2.75) is 4.90 Å². The van der Waals surface area contributed by atoms with Crippen LogP contribution in [0.4, 0.5) is 11.4 Å². The van der Waals surface area contributed by atoms with E-state index in [-0.39, 0.29) is 16.3 Å². The second-order valence-electron chi connectivity index (χ2n) is 7.46. The molecular weight excluding hydrogens is 500 g/mol. The van der Waals surface area contributed by atoms with Crippen LogP contribution in [0.5, 0.6) is 28.7 Å². The normalized spacial score (nSPS) is 11.1. The van der Waals surface area contributed by atoms with Crippen molar-refractivity contribution in [3.8, 4) is 28.7 Å². The van der Waals surface area contributed by atoms with E-state index in [9.17, 15) is 13.2 Å². The molecule has 0 spiro atoms. The number of anilines is 2. The molecule has 0 saturated heterocycles. The Kier molecular flexibility index (Phi) is 8.86. The molecule has 0 bridgehead atoms. The highest BCUT2D eigenvalue weighted by atomic mass is 32.2. The molecule has 3 aromatic rings. The zero-order valence-electron chi connectivity index (χ0n) is 21.0. The summed E-state index contributed by atoms with van der Waals surface area (Å²) in [5.74, 6) is 1.80. The number of sulfonamides is 1. The van der Waals surface area contributed by atoms with Crippen LogP contribution < -0.4 is 33.7 Å². The highest BCUT2D eigenvalue weighted by molar-refractivity contribution is 7.92. The number of rotatable bonds is 11. The van der Waals surface area contributed by atoms with Gasteiger partial charge in [0, 0.05) is 23.9 Å². The molecule has 3 rings (SSSR count). The van der Waals surface area contributed by atoms with Crippen molar-refractivity contribution in [1.82, 2.24) is 0 Å². The molecule has 3 aromatic carbocycles. The molecule has 37 heavy (non-hydrogen) atoms. The summed E-state index contributed by atoms with van der Waals surface area (Å²) in [6.07, 6.45) is 2.85. The second kappa shape index (κ2) is 12.0. The Morgan fingerprint density at radius 1 is 0.730 bits per heavy atom. The van der Waals surface area contributed by atoms with E-state index in [1.54, 1.807) is 42.5 Å². The zero-order valence-corrected chi connectivity index (χ0v) is 21.8. The number of ether oxygens (including phenoxy) is 5. The highest BCUT2D eigenvalue weighted by Crippen LogP contribution is 2.35. The first-order valence-electron chi connectivity index (χ1n) is 10.9. The maximum absolute atomic E-state index is 12.9. The number of hydrogen-bond acceptors (Lipinski definition) is 8. The third-order valence-electron chi connectivity index (χ3n) is 5.24. The Bertz CT molecular complexity index is 1360. The van der Waals surface area contributed by atoms with Gasteiger partial charge in [0.2, 0.25) is 5.91 Å². The molecule has 2 N–H and O–H groups in total. The van der Waals surface area contributed by atoms with Gasteiger partial charge in [-0.3, -0.25) is 9.52 Å². The minimum absolute atomic E-state index is 0.0371. The zero-order chi connectivity index (χ0) is 27.0. The van der Waals surface area contributed by atoms with Gasteiger partial charge in [0.25, 0.3) is 10.0 Å². The summed E-state index contributed by atoms with van der Waals surface area (Å²) in [5.41, 5.74) is 1.04. The van der Waals surface area contributed by atoms with Crippen LogP contribution in [-0.4, -0.2) is 49.9 Å². The van der Waals surface area contributed by atoms with Gasteiger partial charge in [-0.15, -0.1) is 0 Å². The lowest BCUT2D eigenvalue weighted by molar-refractivity contribution is -0.111. The van der Waals surface area contributed by atoms with Crippen molar-refractivity contribution in [2.75, 3.05) is 45.6 Å². The monoisotopic (exact) mass is 528 g/mol. The lowest BCUT2D eigenvalue weighted by atomic mass is 10.1.